The van der Waals surface area contributed by atoms with E-state index in [0.29, 0.717) is 18.9 Å². The summed E-state index contributed by atoms with van der Waals surface area (Å²) in [6.07, 6.45) is 15.5. The first-order chi connectivity index (χ1) is 9.74. The number of ether oxygens (including phenoxy) is 1. The van der Waals surface area contributed by atoms with Crippen molar-refractivity contribution in [3.05, 3.63) is 36.2 Å². The van der Waals surface area contributed by atoms with Crippen LogP contribution in [0.5, 0.6) is 0 Å². The van der Waals surface area contributed by atoms with Gasteiger partial charge in [0.2, 0.25) is 0 Å². The Morgan fingerprint density at radius 3 is 3.00 bits per heavy atom. The van der Waals surface area contributed by atoms with E-state index in [2.05, 4.69) is 17.5 Å². The summed E-state index contributed by atoms with van der Waals surface area (Å²) in [6.45, 7) is 2.50. The summed E-state index contributed by atoms with van der Waals surface area (Å²) in [5.41, 5.74) is 1.32. The molecule has 3 heteroatoms. The Bertz CT molecular complexity index is 440. The molecule has 0 radical (unpaired) electrons. The third kappa shape index (κ3) is 2.45. The summed E-state index contributed by atoms with van der Waals surface area (Å²) >= 11 is 0. The van der Waals surface area contributed by atoms with Crippen molar-refractivity contribution in [2.45, 2.75) is 45.3 Å². The van der Waals surface area contributed by atoms with Gasteiger partial charge in [0.25, 0.3) is 0 Å². The van der Waals surface area contributed by atoms with Crippen molar-refractivity contribution in [2.24, 2.45) is 17.3 Å². The first-order valence-electron chi connectivity index (χ1n) is 7.85. The second kappa shape index (κ2) is 5.74. The maximum Gasteiger partial charge on any atom is 0.155 e. The number of rotatable bonds is 5. The van der Waals surface area contributed by atoms with E-state index in [0.717, 1.165) is 5.92 Å². The zero-order valence-corrected chi connectivity index (χ0v) is 12.2. The van der Waals surface area contributed by atoms with E-state index in [4.69, 9.17) is 4.74 Å². The summed E-state index contributed by atoms with van der Waals surface area (Å²) in [4.78, 5) is 0. The molecule has 1 aliphatic heterocycles. The van der Waals surface area contributed by atoms with Gasteiger partial charge in [-0.25, -0.2) is 0 Å². The van der Waals surface area contributed by atoms with E-state index in [9.17, 15) is 5.11 Å². The highest BCUT2D eigenvalue weighted by atomic mass is 16.6. The lowest BCUT2D eigenvalue weighted by Gasteiger charge is -2.41. The molecule has 2 N–H and O–H groups in total. The molecular weight excluding hydrogens is 250 g/mol. The van der Waals surface area contributed by atoms with Crippen LogP contribution in [0.4, 0.5) is 0 Å². The molecule has 110 valence electrons. The molecular formula is C17H25NO2. The second-order valence-corrected chi connectivity index (χ2v) is 6.32. The van der Waals surface area contributed by atoms with Crippen molar-refractivity contribution >= 4 is 0 Å². The number of aliphatic hydroxyl groups is 1. The molecule has 1 heterocycles. The highest BCUT2D eigenvalue weighted by Gasteiger charge is 2.53. The lowest BCUT2D eigenvalue weighted by atomic mass is 9.68. The summed E-state index contributed by atoms with van der Waals surface area (Å²) in [7, 11) is 0. The Morgan fingerprint density at radius 2 is 2.30 bits per heavy atom. The molecule has 0 amide bonds. The zero-order valence-electron chi connectivity index (χ0n) is 12.2. The van der Waals surface area contributed by atoms with Gasteiger partial charge >= 0.3 is 0 Å². The summed E-state index contributed by atoms with van der Waals surface area (Å²) in [5.74, 6) is 1.51. The number of nitrogens with one attached hydrogen (secondary N) is 1. The Hall–Kier alpha value is -1.06. The van der Waals surface area contributed by atoms with Gasteiger partial charge in [0.1, 0.15) is 0 Å². The van der Waals surface area contributed by atoms with E-state index in [1.807, 2.05) is 25.3 Å². The molecule has 0 spiro atoms. The Balaban J connectivity index is 1.86. The molecule has 2 fully saturated rings. The molecule has 20 heavy (non-hydrogen) atoms. The fourth-order valence-corrected chi connectivity index (χ4v) is 4.46. The first kappa shape index (κ1) is 13.9. The number of aliphatic hydroxyl groups excluding tert-OH is 1. The fourth-order valence-electron chi connectivity index (χ4n) is 4.46. The van der Waals surface area contributed by atoms with E-state index in [1.54, 1.807) is 0 Å². The van der Waals surface area contributed by atoms with Gasteiger partial charge in [0.05, 0.1) is 0 Å². The van der Waals surface area contributed by atoms with Gasteiger partial charge in [0, 0.05) is 30.3 Å². The van der Waals surface area contributed by atoms with Crippen LogP contribution in [-0.4, -0.2) is 18.0 Å². The smallest absolute Gasteiger partial charge is 0.155 e. The van der Waals surface area contributed by atoms with Gasteiger partial charge in [-0.15, -0.1) is 0 Å². The Morgan fingerprint density at radius 1 is 1.40 bits per heavy atom. The highest BCUT2D eigenvalue weighted by Crippen LogP contribution is 2.61. The van der Waals surface area contributed by atoms with Crippen molar-refractivity contribution in [1.82, 2.24) is 5.32 Å². The topological polar surface area (TPSA) is 41.5 Å². The molecule has 3 rings (SSSR count). The van der Waals surface area contributed by atoms with Crippen LogP contribution in [0.3, 0.4) is 0 Å². The van der Waals surface area contributed by atoms with Crippen LogP contribution in [-0.2, 0) is 4.74 Å². The molecule has 0 aromatic carbocycles. The van der Waals surface area contributed by atoms with Crippen molar-refractivity contribution < 1.29 is 9.84 Å². The van der Waals surface area contributed by atoms with E-state index in [-0.39, 0.29) is 5.41 Å². The predicted molar refractivity (Wildman–Crippen MR) is 79.6 cm³/mol. The zero-order chi connectivity index (χ0) is 14.0. The maximum atomic E-state index is 10.2. The van der Waals surface area contributed by atoms with Crippen LogP contribution in [0.15, 0.2) is 36.2 Å². The van der Waals surface area contributed by atoms with E-state index in [1.165, 1.54) is 31.4 Å². The second-order valence-electron chi connectivity index (χ2n) is 6.32. The SMILES string of the molecule is CCOC(O)CC1(C2=CC=CC=CN2)CC2CCC1C2. The molecule has 3 aliphatic rings. The van der Waals surface area contributed by atoms with E-state index >= 15 is 0 Å². The highest BCUT2D eigenvalue weighted by molar-refractivity contribution is 5.29. The number of allylic oxidation sites excluding steroid dienone is 5. The van der Waals surface area contributed by atoms with Gasteiger partial charge in [-0.2, -0.15) is 0 Å². The summed E-state index contributed by atoms with van der Waals surface area (Å²) in [6, 6.07) is 0. The molecule has 4 atom stereocenters. The normalized spacial score (nSPS) is 36.6. The van der Waals surface area contributed by atoms with Crippen LogP contribution in [0.1, 0.15) is 39.0 Å². The lowest BCUT2D eigenvalue weighted by Crippen LogP contribution is -2.38. The van der Waals surface area contributed by atoms with E-state index < -0.39 is 6.29 Å². The first-order valence-corrected chi connectivity index (χ1v) is 7.85. The van der Waals surface area contributed by atoms with Crippen molar-refractivity contribution in [3.8, 4) is 0 Å². The third-order valence-corrected chi connectivity index (χ3v) is 5.23. The van der Waals surface area contributed by atoms with Crippen LogP contribution in [0.25, 0.3) is 0 Å². The van der Waals surface area contributed by atoms with Crippen LogP contribution in [0.2, 0.25) is 0 Å². The van der Waals surface area contributed by atoms with Crippen LogP contribution < -0.4 is 5.32 Å². The van der Waals surface area contributed by atoms with Crippen LogP contribution >= 0.6 is 0 Å². The molecule has 0 saturated heterocycles. The molecule has 0 aromatic rings. The standard InChI is InChI=1S/C17H25NO2/c1-2-20-16(19)12-17(11-13-7-8-14(17)10-13)15-6-4-3-5-9-18-15/h3-6,9,13-14,16,18-19H,2,7-8,10-12H2,1H3. The average molecular weight is 275 g/mol. The van der Waals surface area contributed by atoms with Crippen molar-refractivity contribution in [3.63, 3.8) is 0 Å². The quantitative estimate of drug-likeness (QED) is 0.758. The van der Waals surface area contributed by atoms with Gasteiger partial charge < -0.3 is 15.2 Å². The molecule has 4 unspecified atom stereocenters. The summed E-state index contributed by atoms with van der Waals surface area (Å²) < 4.78 is 5.42. The predicted octanol–water partition coefficient (Wildman–Crippen LogP) is 3.09. The van der Waals surface area contributed by atoms with Gasteiger partial charge in [-0.1, -0.05) is 18.6 Å². The Kier molecular flexibility index (Phi) is 3.99. The Labute approximate surface area is 121 Å². The summed E-state index contributed by atoms with van der Waals surface area (Å²) in [5, 5.41) is 13.6. The van der Waals surface area contributed by atoms with Crippen molar-refractivity contribution in [1.29, 1.82) is 0 Å². The largest absolute Gasteiger partial charge is 0.368 e. The fraction of sp³-hybridized carbons (Fsp3) is 0.647. The number of fused-ring (bicyclic) bond motifs is 2. The van der Waals surface area contributed by atoms with Gasteiger partial charge in [0.15, 0.2) is 6.29 Å². The van der Waals surface area contributed by atoms with Gasteiger partial charge in [-0.3, -0.25) is 0 Å². The van der Waals surface area contributed by atoms with Crippen LogP contribution in [0, 0.1) is 17.3 Å². The van der Waals surface area contributed by atoms with Crippen molar-refractivity contribution in [2.75, 3.05) is 6.61 Å². The minimum absolute atomic E-state index is 0.0660. The molecule has 3 nitrogen and oxygen atoms in total. The minimum atomic E-state index is -0.654. The molecule has 0 aromatic heterocycles. The molecule has 2 aliphatic carbocycles. The maximum absolute atomic E-state index is 10.2. The monoisotopic (exact) mass is 275 g/mol. The molecule has 2 bridgehead atoms. The average Bonchev–Trinajstić information content (AvgIpc) is 2.90. The number of hydrogen-bond acceptors (Lipinski definition) is 3. The third-order valence-electron chi connectivity index (χ3n) is 5.23. The molecule has 2 saturated carbocycles. The minimum Gasteiger partial charge on any atom is -0.368 e. The van der Waals surface area contributed by atoms with Gasteiger partial charge in [-0.05, 0) is 50.2 Å². The number of hydrogen-bond donors (Lipinski definition) is 2. The lowest BCUT2D eigenvalue weighted by molar-refractivity contribution is -0.121.